The second-order valence-corrected chi connectivity index (χ2v) is 6.54. The number of carbonyl (C=O) groups excluding carboxylic acids is 1. The molecule has 7 heteroatoms. The van der Waals surface area contributed by atoms with Gasteiger partial charge < -0.3 is 10.2 Å². The van der Waals surface area contributed by atoms with Crippen molar-refractivity contribution < 1.29 is 4.79 Å². The van der Waals surface area contributed by atoms with Gasteiger partial charge in [-0.15, -0.1) is 0 Å². The van der Waals surface area contributed by atoms with Gasteiger partial charge in [-0.3, -0.25) is 14.7 Å². The van der Waals surface area contributed by atoms with Crippen molar-refractivity contribution in [3.05, 3.63) is 48.0 Å². The standard InChI is InChI=1S/C19H26N6O/c1-3-16(17-7-4-6-15(2)22-17)23-18(26)14-24-10-12-25(13-11-24)19-20-8-5-9-21-19/h4-9,16H,3,10-14H2,1-2H3,(H,23,26). The molecule has 0 spiro atoms. The van der Waals surface area contributed by atoms with E-state index in [-0.39, 0.29) is 11.9 Å². The molecule has 138 valence electrons. The lowest BCUT2D eigenvalue weighted by atomic mass is 10.1. The Hall–Kier alpha value is -2.54. The van der Waals surface area contributed by atoms with Crippen molar-refractivity contribution in [3.63, 3.8) is 0 Å². The van der Waals surface area contributed by atoms with Gasteiger partial charge in [-0.05, 0) is 31.5 Å². The summed E-state index contributed by atoms with van der Waals surface area (Å²) >= 11 is 0. The van der Waals surface area contributed by atoms with Crippen LogP contribution in [0.5, 0.6) is 0 Å². The van der Waals surface area contributed by atoms with Gasteiger partial charge in [0.15, 0.2) is 0 Å². The molecule has 2 aromatic rings. The Bertz CT molecular complexity index is 715. The van der Waals surface area contributed by atoms with Gasteiger partial charge in [0.25, 0.3) is 0 Å². The number of nitrogens with zero attached hydrogens (tertiary/aromatic N) is 5. The van der Waals surface area contributed by atoms with Crippen LogP contribution in [0.1, 0.15) is 30.8 Å². The summed E-state index contributed by atoms with van der Waals surface area (Å²) in [6.07, 6.45) is 4.33. The normalized spacial score (nSPS) is 16.3. The monoisotopic (exact) mass is 354 g/mol. The zero-order valence-electron chi connectivity index (χ0n) is 15.4. The summed E-state index contributed by atoms with van der Waals surface area (Å²) < 4.78 is 0. The molecule has 1 aliphatic heterocycles. The Kier molecular flexibility index (Phi) is 6.12. The number of hydrogen-bond acceptors (Lipinski definition) is 6. The molecule has 0 aliphatic carbocycles. The minimum absolute atomic E-state index is 0.0404. The van der Waals surface area contributed by atoms with Gasteiger partial charge in [-0.1, -0.05) is 13.0 Å². The third kappa shape index (κ3) is 4.76. The molecule has 0 bridgehead atoms. The fourth-order valence-corrected chi connectivity index (χ4v) is 3.15. The summed E-state index contributed by atoms with van der Waals surface area (Å²) in [5.41, 5.74) is 1.89. The average molecular weight is 354 g/mol. The molecule has 1 fully saturated rings. The highest BCUT2D eigenvalue weighted by Gasteiger charge is 2.22. The number of nitrogens with one attached hydrogen (secondary N) is 1. The maximum atomic E-state index is 12.5. The van der Waals surface area contributed by atoms with Gasteiger partial charge >= 0.3 is 0 Å². The number of aromatic nitrogens is 3. The van der Waals surface area contributed by atoms with Crippen molar-refractivity contribution in [2.45, 2.75) is 26.3 Å². The van der Waals surface area contributed by atoms with Gasteiger partial charge in [-0.25, -0.2) is 9.97 Å². The molecule has 3 rings (SSSR count). The molecule has 1 saturated heterocycles. The number of carbonyl (C=O) groups is 1. The zero-order valence-corrected chi connectivity index (χ0v) is 15.4. The van der Waals surface area contributed by atoms with Crippen molar-refractivity contribution in [3.8, 4) is 0 Å². The lowest BCUT2D eigenvalue weighted by Gasteiger charge is -2.34. The summed E-state index contributed by atoms with van der Waals surface area (Å²) in [4.78, 5) is 29.9. The fraction of sp³-hybridized carbons (Fsp3) is 0.474. The number of rotatable bonds is 6. The van der Waals surface area contributed by atoms with Crippen LogP contribution >= 0.6 is 0 Å². The summed E-state index contributed by atoms with van der Waals surface area (Å²) in [6.45, 7) is 7.74. The van der Waals surface area contributed by atoms with Crippen LogP contribution in [0.3, 0.4) is 0 Å². The molecule has 1 N–H and O–H groups in total. The SMILES string of the molecule is CCC(NC(=O)CN1CCN(c2ncccn2)CC1)c1cccc(C)n1. The first-order valence-electron chi connectivity index (χ1n) is 9.13. The molecule has 1 unspecified atom stereocenters. The third-order valence-electron chi connectivity index (χ3n) is 4.58. The number of hydrogen-bond donors (Lipinski definition) is 1. The van der Waals surface area contributed by atoms with Crippen molar-refractivity contribution in [1.82, 2.24) is 25.2 Å². The minimum Gasteiger partial charge on any atom is -0.347 e. The molecule has 1 atom stereocenters. The second-order valence-electron chi connectivity index (χ2n) is 6.54. The van der Waals surface area contributed by atoms with Crippen LogP contribution in [0.2, 0.25) is 0 Å². The molecule has 26 heavy (non-hydrogen) atoms. The fourth-order valence-electron chi connectivity index (χ4n) is 3.15. The Morgan fingerprint density at radius 1 is 1.15 bits per heavy atom. The second kappa shape index (κ2) is 8.71. The molecular formula is C19H26N6O. The average Bonchev–Trinajstić information content (AvgIpc) is 2.67. The number of amides is 1. The summed E-state index contributed by atoms with van der Waals surface area (Å²) in [5, 5.41) is 3.12. The van der Waals surface area contributed by atoms with E-state index >= 15 is 0 Å². The van der Waals surface area contributed by atoms with E-state index in [0.717, 1.165) is 49.9 Å². The first-order valence-corrected chi connectivity index (χ1v) is 9.13. The van der Waals surface area contributed by atoms with E-state index in [1.54, 1.807) is 12.4 Å². The molecule has 0 saturated carbocycles. The third-order valence-corrected chi connectivity index (χ3v) is 4.58. The maximum absolute atomic E-state index is 12.5. The van der Waals surface area contributed by atoms with Gasteiger partial charge in [-0.2, -0.15) is 0 Å². The van der Waals surface area contributed by atoms with E-state index < -0.39 is 0 Å². The predicted octanol–water partition coefficient (Wildman–Crippen LogP) is 1.57. The maximum Gasteiger partial charge on any atom is 0.234 e. The zero-order chi connectivity index (χ0) is 18.4. The Balaban J connectivity index is 1.49. The smallest absolute Gasteiger partial charge is 0.234 e. The molecule has 1 amide bonds. The van der Waals surface area contributed by atoms with Gasteiger partial charge in [0.1, 0.15) is 0 Å². The highest BCUT2D eigenvalue weighted by Crippen LogP contribution is 2.15. The van der Waals surface area contributed by atoms with Crippen molar-refractivity contribution >= 4 is 11.9 Å². The number of pyridine rings is 1. The van der Waals surface area contributed by atoms with Crippen molar-refractivity contribution in [1.29, 1.82) is 0 Å². The molecule has 7 nitrogen and oxygen atoms in total. The van der Waals surface area contributed by atoms with Crippen LogP contribution in [0.25, 0.3) is 0 Å². The lowest BCUT2D eigenvalue weighted by molar-refractivity contribution is -0.123. The van der Waals surface area contributed by atoms with E-state index in [1.165, 1.54) is 0 Å². The highest BCUT2D eigenvalue weighted by molar-refractivity contribution is 5.78. The van der Waals surface area contributed by atoms with Crippen molar-refractivity contribution in [2.24, 2.45) is 0 Å². The number of piperazine rings is 1. The van der Waals surface area contributed by atoms with Crippen LogP contribution in [0, 0.1) is 6.92 Å². The highest BCUT2D eigenvalue weighted by atomic mass is 16.2. The van der Waals surface area contributed by atoms with Crippen LogP contribution in [-0.4, -0.2) is 58.5 Å². The van der Waals surface area contributed by atoms with E-state index in [4.69, 9.17) is 0 Å². The minimum atomic E-state index is -0.0404. The Labute approximate surface area is 154 Å². The molecular weight excluding hydrogens is 328 g/mol. The number of aryl methyl sites for hydroxylation is 1. The Morgan fingerprint density at radius 2 is 1.88 bits per heavy atom. The topological polar surface area (TPSA) is 74.2 Å². The molecule has 0 aromatic carbocycles. The van der Waals surface area contributed by atoms with E-state index in [2.05, 4.69) is 37.0 Å². The van der Waals surface area contributed by atoms with Gasteiger partial charge in [0, 0.05) is 44.3 Å². The first-order chi connectivity index (χ1) is 12.7. The predicted molar refractivity (Wildman–Crippen MR) is 101 cm³/mol. The van der Waals surface area contributed by atoms with E-state index in [0.29, 0.717) is 6.54 Å². The molecule has 2 aromatic heterocycles. The summed E-state index contributed by atoms with van der Waals surface area (Å²) in [6, 6.07) is 7.70. The Morgan fingerprint density at radius 3 is 2.54 bits per heavy atom. The van der Waals surface area contributed by atoms with Crippen LogP contribution < -0.4 is 10.2 Å². The van der Waals surface area contributed by atoms with Crippen molar-refractivity contribution in [2.75, 3.05) is 37.6 Å². The molecule has 0 radical (unpaired) electrons. The summed E-state index contributed by atoms with van der Waals surface area (Å²) in [5.74, 6) is 0.803. The lowest BCUT2D eigenvalue weighted by Crippen LogP contribution is -2.50. The quantitative estimate of drug-likeness (QED) is 0.849. The van der Waals surface area contributed by atoms with Gasteiger partial charge in [0.2, 0.25) is 11.9 Å². The van der Waals surface area contributed by atoms with Crippen LogP contribution in [0.4, 0.5) is 5.95 Å². The molecule has 3 heterocycles. The van der Waals surface area contributed by atoms with Gasteiger partial charge in [0.05, 0.1) is 18.3 Å². The summed E-state index contributed by atoms with van der Waals surface area (Å²) in [7, 11) is 0. The molecule has 1 aliphatic rings. The van der Waals surface area contributed by atoms with Crippen LogP contribution in [0.15, 0.2) is 36.7 Å². The first kappa shape index (κ1) is 18.3. The number of anilines is 1. The van der Waals surface area contributed by atoms with Crippen LogP contribution in [-0.2, 0) is 4.79 Å². The largest absolute Gasteiger partial charge is 0.347 e. The van der Waals surface area contributed by atoms with E-state index in [1.807, 2.05) is 31.2 Å². The van der Waals surface area contributed by atoms with E-state index in [9.17, 15) is 4.79 Å².